The predicted octanol–water partition coefficient (Wildman–Crippen LogP) is 10.4. The topological polar surface area (TPSA) is 51.8 Å². The van der Waals surface area contributed by atoms with Crippen molar-refractivity contribution in [2.24, 2.45) is 0 Å². The maximum atomic E-state index is 5.82. The first-order chi connectivity index (χ1) is 21.7. The Kier molecular flexibility index (Phi) is 10.7. The van der Waals surface area contributed by atoms with Crippen LogP contribution < -0.4 is 5.19 Å². The standard InChI is InChI=1S/C20H17N2O.C20H26NSi.Ir/c1-12(2)14-8-9-21-18(11-14)15-5-7-19-17(10-15)16-6-4-13(3)22-20(16)23-19;1-22(2,3)20-15-21-19(17-12-8-5-9-13-17)14-18(20)16-10-6-4-7-11-16;/h4,6-12H,1-3H3;5,8-9,12,14-16H,4,6-7,10-11H2,1-3H3;/q2*-1;. The van der Waals surface area contributed by atoms with Gasteiger partial charge >= 0.3 is 0 Å². The zero-order valence-electron chi connectivity index (χ0n) is 27.8. The van der Waals surface area contributed by atoms with Crippen molar-refractivity contribution in [3.05, 3.63) is 108 Å². The Hall–Kier alpha value is -3.44. The smallest absolute Gasteiger partial charge is 0.216 e. The zero-order chi connectivity index (χ0) is 31.6. The number of benzene rings is 2. The van der Waals surface area contributed by atoms with Gasteiger partial charge in [0.1, 0.15) is 0 Å². The normalized spacial score (nSPS) is 13.8. The molecule has 46 heavy (non-hydrogen) atoms. The Morgan fingerprint density at radius 2 is 1.63 bits per heavy atom. The average molecular weight is 802 g/mol. The second kappa shape index (κ2) is 14.5. The second-order valence-corrected chi connectivity index (χ2v) is 18.7. The summed E-state index contributed by atoms with van der Waals surface area (Å²) >= 11 is 0. The molecule has 0 atom stereocenters. The van der Waals surface area contributed by atoms with E-state index in [9.17, 15) is 0 Å². The summed E-state index contributed by atoms with van der Waals surface area (Å²) in [5, 5.41) is 3.64. The van der Waals surface area contributed by atoms with Gasteiger partial charge in [-0.1, -0.05) is 81.4 Å². The summed E-state index contributed by atoms with van der Waals surface area (Å²) in [4.78, 5) is 13.7. The van der Waals surface area contributed by atoms with E-state index in [1.165, 1.54) is 37.7 Å². The molecule has 4 heterocycles. The number of hydrogen-bond acceptors (Lipinski definition) is 4. The van der Waals surface area contributed by atoms with Gasteiger partial charge in [0.15, 0.2) is 0 Å². The van der Waals surface area contributed by atoms with Crippen LogP contribution in [0.5, 0.6) is 0 Å². The molecule has 1 fully saturated rings. The Balaban J connectivity index is 0.000000178. The monoisotopic (exact) mass is 802 g/mol. The number of fused-ring (bicyclic) bond motifs is 3. The van der Waals surface area contributed by atoms with E-state index < -0.39 is 8.07 Å². The first kappa shape index (κ1) is 33.9. The van der Waals surface area contributed by atoms with Crippen LogP contribution in [0, 0.1) is 19.1 Å². The van der Waals surface area contributed by atoms with Crippen molar-refractivity contribution in [3.63, 3.8) is 0 Å². The molecule has 4 nitrogen and oxygen atoms in total. The van der Waals surface area contributed by atoms with E-state index in [4.69, 9.17) is 9.40 Å². The van der Waals surface area contributed by atoms with Crippen molar-refractivity contribution in [1.29, 1.82) is 0 Å². The van der Waals surface area contributed by atoms with Crippen LogP contribution >= 0.6 is 0 Å². The van der Waals surface area contributed by atoms with Crippen LogP contribution in [0.2, 0.25) is 19.6 Å². The van der Waals surface area contributed by atoms with Gasteiger partial charge in [0.25, 0.3) is 0 Å². The quantitative estimate of drug-likeness (QED) is 0.129. The summed E-state index contributed by atoms with van der Waals surface area (Å²) in [6.07, 6.45) is 10.9. The van der Waals surface area contributed by atoms with E-state index in [1.807, 2.05) is 37.4 Å². The predicted molar refractivity (Wildman–Crippen MR) is 190 cm³/mol. The van der Waals surface area contributed by atoms with Gasteiger partial charge in [0.05, 0.1) is 13.7 Å². The second-order valence-electron chi connectivity index (χ2n) is 13.7. The fraction of sp³-hybridized carbons (Fsp3) is 0.325. The number of furan rings is 1. The van der Waals surface area contributed by atoms with E-state index >= 15 is 0 Å². The van der Waals surface area contributed by atoms with Gasteiger partial charge in [-0.15, -0.1) is 59.7 Å². The summed E-state index contributed by atoms with van der Waals surface area (Å²) in [5.74, 6) is 1.21. The van der Waals surface area contributed by atoms with Crippen LogP contribution in [0.15, 0.2) is 83.5 Å². The van der Waals surface area contributed by atoms with Gasteiger partial charge in [-0.2, -0.15) is 0 Å². The molecule has 0 N–H and O–H groups in total. The van der Waals surface area contributed by atoms with E-state index in [1.54, 1.807) is 10.8 Å². The van der Waals surface area contributed by atoms with Crippen molar-refractivity contribution in [1.82, 2.24) is 15.0 Å². The van der Waals surface area contributed by atoms with Crippen LogP contribution in [0.4, 0.5) is 0 Å². The van der Waals surface area contributed by atoms with Crippen molar-refractivity contribution in [3.8, 4) is 22.5 Å². The molecule has 0 aliphatic heterocycles. The molecule has 1 aliphatic rings. The Morgan fingerprint density at radius 3 is 2.35 bits per heavy atom. The Labute approximate surface area is 288 Å². The van der Waals surface area contributed by atoms with E-state index in [2.05, 4.69) is 104 Å². The molecule has 0 spiro atoms. The Bertz CT molecular complexity index is 1920. The molecule has 1 radical (unpaired) electrons. The van der Waals surface area contributed by atoms with Gasteiger partial charge in [-0.05, 0) is 66.4 Å². The Morgan fingerprint density at radius 1 is 0.848 bits per heavy atom. The van der Waals surface area contributed by atoms with Gasteiger partial charge < -0.3 is 14.4 Å². The van der Waals surface area contributed by atoms with Crippen LogP contribution in [0.1, 0.15) is 74.6 Å². The van der Waals surface area contributed by atoms with Crippen molar-refractivity contribution in [2.45, 2.75) is 84.4 Å². The fourth-order valence-corrected chi connectivity index (χ4v) is 7.94. The van der Waals surface area contributed by atoms with E-state index in [-0.39, 0.29) is 20.1 Å². The number of rotatable bonds is 5. The van der Waals surface area contributed by atoms with Crippen molar-refractivity contribution in [2.75, 3.05) is 0 Å². The number of nitrogens with zero attached hydrogens (tertiary/aromatic N) is 3. The molecule has 6 aromatic rings. The molecule has 0 bridgehead atoms. The minimum absolute atomic E-state index is 0. The largest absolute Gasteiger partial charge is 0.486 e. The molecule has 7 rings (SSSR count). The first-order valence-corrected chi connectivity index (χ1v) is 19.8. The minimum Gasteiger partial charge on any atom is -0.486 e. The van der Waals surface area contributed by atoms with Gasteiger partial charge in [0.2, 0.25) is 5.71 Å². The molecule has 4 aromatic heterocycles. The molecular formula is C40H43IrN3OSi-2. The average Bonchev–Trinajstić information content (AvgIpc) is 3.42. The maximum Gasteiger partial charge on any atom is 0.216 e. The summed E-state index contributed by atoms with van der Waals surface area (Å²) in [7, 11) is -1.36. The van der Waals surface area contributed by atoms with Gasteiger partial charge in [-0.3, -0.25) is 0 Å². The van der Waals surface area contributed by atoms with Gasteiger partial charge in [0, 0.05) is 43.6 Å². The third-order valence-electron chi connectivity index (χ3n) is 8.91. The SMILES string of the molecule is C[Si](C)(C)c1cnc(-c2[c-]cccc2)cc1C1CCCCC1.Cc1ccc2c(n1)oc1c[c-]c(-c3cc(C(C)C)ccn3)cc12.[Ir]. The number of aromatic nitrogens is 3. The van der Waals surface area contributed by atoms with Crippen LogP contribution in [-0.2, 0) is 20.1 Å². The van der Waals surface area contributed by atoms with Crippen LogP contribution in [0.3, 0.4) is 0 Å². The number of hydrogen-bond donors (Lipinski definition) is 0. The van der Waals surface area contributed by atoms with Crippen molar-refractivity contribution >= 4 is 35.3 Å². The third-order valence-corrected chi connectivity index (χ3v) is 10.9. The summed E-state index contributed by atoms with van der Waals surface area (Å²) < 4.78 is 5.82. The van der Waals surface area contributed by atoms with E-state index in [0.717, 1.165) is 50.5 Å². The van der Waals surface area contributed by atoms with Crippen LogP contribution in [0.25, 0.3) is 44.6 Å². The summed E-state index contributed by atoms with van der Waals surface area (Å²) in [5.41, 5.74) is 9.41. The molecule has 0 amide bonds. The maximum absolute atomic E-state index is 5.82. The molecule has 6 heteroatoms. The number of aryl methyl sites for hydroxylation is 1. The molecular weight excluding hydrogens is 759 g/mol. The summed E-state index contributed by atoms with van der Waals surface area (Å²) in [6, 6.07) is 29.4. The molecule has 2 aromatic carbocycles. The fourth-order valence-electron chi connectivity index (χ4n) is 6.34. The third kappa shape index (κ3) is 7.57. The number of pyridine rings is 3. The molecule has 1 aliphatic carbocycles. The van der Waals surface area contributed by atoms with Crippen LogP contribution in [-0.4, -0.2) is 23.0 Å². The van der Waals surface area contributed by atoms with Gasteiger partial charge in [-0.25, -0.2) is 4.98 Å². The molecule has 0 saturated heterocycles. The molecule has 239 valence electrons. The first-order valence-electron chi connectivity index (χ1n) is 16.3. The molecule has 1 saturated carbocycles. The van der Waals surface area contributed by atoms with E-state index in [0.29, 0.717) is 11.6 Å². The molecule has 0 unspecified atom stereocenters. The summed E-state index contributed by atoms with van der Waals surface area (Å²) in [6.45, 7) is 13.6. The minimum atomic E-state index is -1.36. The zero-order valence-corrected chi connectivity index (χ0v) is 31.2. The van der Waals surface area contributed by atoms with Crippen molar-refractivity contribution < 1.29 is 24.5 Å².